The first-order valence-electron chi connectivity index (χ1n) is 3.99. The highest BCUT2D eigenvalue weighted by Gasteiger charge is 1.90. The Labute approximate surface area is 85.7 Å². The first kappa shape index (κ1) is 8.90. The van der Waals surface area contributed by atoms with Crippen LogP contribution in [0.25, 0.3) is 0 Å². The summed E-state index contributed by atoms with van der Waals surface area (Å²) < 4.78 is 0. The fourth-order valence-electron chi connectivity index (χ4n) is 0.946. The molecular formula is C9H7ClN4. The fourth-order valence-corrected chi connectivity index (χ4v) is 1.07. The summed E-state index contributed by atoms with van der Waals surface area (Å²) in [6, 6.07) is 7.37. The smallest absolute Gasteiger partial charge is 0.244 e. The molecule has 2 aromatic rings. The highest BCUT2D eigenvalue weighted by Crippen LogP contribution is 2.08. The van der Waals surface area contributed by atoms with Gasteiger partial charge in [0.15, 0.2) is 0 Å². The molecule has 1 aromatic heterocycles. The van der Waals surface area contributed by atoms with Crippen molar-refractivity contribution >= 4 is 23.8 Å². The molecule has 70 valence electrons. The summed E-state index contributed by atoms with van der Waals surface area (Å²) in [6.07, 6.45) is 3.10. The molecule has 0 radical (unpaired) electrons. The van der Waals surface area contributed by atoms with Gasteiger partial charge in [0.05, 0.1) is 0 Å². The molecule has 0 unspecified atom stereocenters. The molecule has 0 amide bonds. The number of aliphatic imine (C=N–C) groups is 1. The second-order valence-electron chi connectivity index (χ2n) is 2.62. The van der Waals surface area contributed by atoms with Crippen molar-refractivity contribution in [1.29, 1.82) is 0 Å². The molecule has 14 heavy (non-hydrogen) atoms. The standard InChI is InChI=1S/C9H7ClN4/c10-8-3-1-7(2-4-8)5-11-9-12-6-13-14-9/h1-6H,(H,12,13,14). The number of rotatable bonds is 2. The topological polar surface area (TPSA) is 53.9 Å². The Morgan fingerprint density at radius 2 is 2.07 bits per heavy atom. The van der Waals surface area contributed by atoms with E-state index in [2.05, 4.69) is 20.2 Å². The third kappa shape index (κ3) is 2.17. The van der Waals surface area contributed by atoms with Crippen molar-refractivity contribution in [2.45, 2.75) is 0 Å². The van der Waals surface area contributed by atoms with Gasteiger partial charge in [0, 0.05) is 11.2 Å². The minimum Gasteiger partial charge on any atom is -0.244 e. The van der Waals surface area contributed by atoms with Gasteiger partial charge in [-0.25, -0.2) is 10.1 Å². The predicted molar refractivity (Wildman–Crippen MR) is 55.1 cm³/mol. The zero-order chi connectivity index (χ0) is 9.80. The molecule has 2 rings (SSSR count). The van der Waals surface area contributed by atoms with Crippen LogP contribution in [0.5, 0.6) is 0 Å². The van der Waals surface area contributed by atoms with Crippen LogP contribution in [0.2, 0.25) is 5.02 Å². The van der Waals surface area contributed by atoms with E-state index in [4.69, 9.17) is 11.6 Å². The van der Waals surface area contributed by atoms with Crippen molar-refractivity contribution in [3.8, 4) is 0 Å². The largest absolute Gasteiger partial charge is 0.245 e. The zero-order valence-corrected chi connectivity index (χ0v) is 7.94. The summed E-state index contributed by atoms with van der Waals surface area (Å²) in [5, 5.41) is 7.02. The molecule has 1 N–H and O–H groups in total. The number of aromatic nitrogens is 3. The average Bonchev–Trinajstić information content (AvgIpc) is 2.70. The summed E-state index contributed by atoms with van der Waals surface area (Å²) in [4.78, 5) is 7.93. The Morgan fingerprint density at radius 3 is 2.71 bits per heavy atom. The van der Waals surface area contributed by atoms with E-state index in [1.165, 1.54) is 6.33 Å². The molecule has 0 spiro atoms. The summed E-state index contributed by atoms with van der Waals surface area (Å²) >= 11 is 5.74. The average molecular weight is 207 g/mol. The van der Waals surface area contributed by atoms with E-state index in [1.54, 1.807) is 6.21 Å². The predicted octanol–water partition coefficient (Wildman–Crippen LogP) is 2.21. The van der Waals surface area contributed by atoms with Crippen LogP contribution < -0.4 is 0 Å². The van der Waals surface area contributed by atoms with E-state index in [1.807, 2.05) is 24.3 Å². The first-order chi connectivity index (χ1) is 6.84. The minimum absolute atomic E-state index is 0.486. The lowest BCUT2D eigenvalue weighted by Crippen LogP contribution is -1.79. The zero-order valence-electron chi connectivity index (χ0n) is 7.18. The van der Waals surface area contributed by atoms with Crippen LogP contribution in [0.1, 0.15) is 5.56 Å². The molecule has 0 saturated heterocycles. The van der Waals surface area contributed by atoms with Crippen LogP contribution >= 0.6 is 11.6 Å². The Balaban J connectivity index is 2.15. The Bertz CT molecular complexity index is 419. The summed E-state index contributed by atoms with van der Waals surface area (Å²) in [5.41, 5.74) is 0.964. The molecule has 0 aliphatic carbocycles. The molecule has 4 nitrogen and oxygen atoms in total. The van der Waals surface area contributed by atoms with Crippen LogP contribution in [0.15, 0.2) is 35.6 Å². The number of H-pyrrole nitrogens is 1. The van der Waals surface area contributed by atoms with E-state index in [0.29, 0.717) is 11.0 Å². The van der Waals surface area contributed by atoms with E-state index in [-0.39, 0.29) is 0 Å². The maximum atomic E-state index is 5.74. The van der Waals surface area contributed by atoms with Crippen molar-refractivity contribution in [3.05, 3.63) is 41.2 Å². The van der Waals surface area contributed by atoms with Crippen molar-refractivity contribution < 1.29 is 0 Å². The van der Waals surface area contributed by atoms with E-state index in [0.717, 1.165) is 5.56 Å². The molecule has 1 aromatic carbocycles. The van der Waals surface area contributed by atoms with Gasteiger partial charge < -0.3 is 0 Å². The highest BCUT2D eigenvalue weighted by molar-refractivity contribution is 6.30. The normalized spacial score (nSPS) is 10.9. The number of halogens is 1. The van der Waals surface area contributed by atoms with E-state index >= 15 is 0 Å². The fraction of sp³-hybridized carbons (Fsp3) is 0. The van der Waals surface area contributed by atoms with Crippen molar-refractivity contribution in [2.24, 2.45) is 4.99 Å². The molecule has 0 aliphatic rings. The van der Waals surface area contributed by atoms with Gasteiger partial charge in [-0.05, 0) is 17.7 Å². The van der Waals surface area contributed by atoms with Gasteiger partial charge in [-0.2, -0.15) is 10.1 Å². The summed E-state index contributed by atoms with van der Waals surface area (Å²) in [7, 11) is 0. The number of aromatic amines is 1. The van der Waals surface area contributed by atoms with Gasteiger partial charge in [0.1, 0.15) is 6.33 Å². The molecule has 0 saturated carbocycles. The van der Waals surface area contributed by atoms with Gasteiger partial charge in [0.25, 0.3) is 0 Å². The monoisotopic (exact) mass is 206 g/mol. The van der Waals surface area contributed by atoms with Crippen LogP contribution in [-0.2, 0) is 0 Å². The highest BCUT2D eigenvalue weighted by atomic mass is 35.5. The SMILES string of the molecule is Clc1ccc(C=Nc2ncn[nH]2)cc1. The lowest BCUT2D eigenvalue weighted by molar-refractivity contribution is 1.08. The lowest BCUT2D eigenvalue weighted by atomic mass is 10.2. The van der Waals surface area contributed by atoms with Gasteiger partial charge in [-0.1, -0.05) is 23.7 Å². The molecule has 0 fully saturated rings. The lowest BCUT2D eigenvalue weighted by Gasteiger charge is -1.91. The number of hydrogen-bond acceptors (Lipinski definition) is 3. The molecule has 0 bridgehead atoms. The van der Waals surface area contributed by atoms with E-state index in [9.17, 15) is 0 Å². The van der Waals surface area contributed by atoms with Crippen molar-refractivity contribution in [1.82, 2.24) is 15.2 Å². The van der Waals surface area contributed by atoms with Crippen LogP contribution in [0.4, 0.5) is 5.95 Å². The van der Waals surface area contributed by atoms with Crippen LogP contribution in [0, 0.1) is 0 Å². The van der Waals surface area contributed by atoms with Gasteiger partial charge in [-0.3, -0.25) is 0 Å². The Kier molecular flexibility index (Phi) is 2.55. The second kappa shape index (κ2) is 4.02. The second-order valence-corrected chi connectivity index (χ2v) is 3.06. The van der Waals surface area contributed by atoms with Crippen molar-refractivity contribution in [2.75, 3.05) is 0 Å². The first-order valence-corrected chi connectivity index (χ1v) is 4.37. The molecular weight excluding hydrogens is 200 g/mol. The maximum Gasteiger partial charge on any atom is 0.245 e. The minimum atomic E-state index is 0.486. The quantitative estimate of drug-likeness (QED) is 0.766. The summed E-state index contributed by atoms with van der Waals surface area (Å²) in [6.45, 7) is 0. The molecule has 1 heterocycles. The third-order valence-corrected chi connectivity index (χ3v) is 1.86. The molecule has 5 heteroatoms. The number of benzene rings is 1. The molecule has 0 aliphatic heterocycles. The number of nitrogens with one attached hydrogen (secondary N) is 1. The Hall–Kier alpha value is -1.68. The van der Waals surface area contributed by atoms with Gasteiger partial charge in [0.2, 0.25) is 5.95 Å². The van der Waals surface area contributed by atoms with Crippen LogP contribution in [-0.4, -0.2) is 21.4 Å². The number of nitrogens with zero attached hydrogens (tertiary/aromatic N) is 3. The van der Waals surface area contributed by atoms with Crippen LogP contribution in [0.3, 0.4) is 0 Å². The van der Waals surface area contributed by atoms with Crippen molar-refractivity contribution in [3.63, 3.8) is 0 Å². The third-order valence-electron chi connectivity index (χ3n) is 1.61. The number of hydrogen-bond donors (Lipinski definition) is 1. The molecule has 0 atom stereocenters. The van der Waals surface area contributed by atoms with Gasteiger partial charge >= 0.3 is 0 Å². The Morgan fingerprint density at radius 1 is 1.29 bits per heavy atom. The van der Waals surface area contributed by atoms with E-state index < -0.39 is 0 Å². The van der Waals surface area contributed by atoms with Gasteiger partial charge in [-0.15, -0.1) is 0 Å². The maximum absolute atomic E-state index is 5.74. The summed E-state index contributed by atoms with van der Waals surface area (Å²) in [5.74, 6) is 0.486.